The number of hydrogen-bond acceptors (Lipinski definition) is 4. The first-order valence-corrected chi connectivity index (χ1v) is 5.95. The highest BCUT2D eigenvalue weighted by molar-refractivity contribution is 5.91. The number of esters is 1. The molecule has 1 aliphatic heterocycles. The summed E-state index contributed by atoms with van der Waals surface area (Å²) in [6.45, 7) is 1.70. The van der Waals surface area contributed by atoms with Gasteiger partial charge in [-0.1, -0.05) is 0 Å². The van der Waals surface area contributed by atoms with Gasteiger partial charge in [0.05, 0.1) is 18.8 Å². The fourth-order valence-corrected chi connectivity index (χ4v) is 1.70. The van der Waals surface area contributed by atoms with Crippen molar-refractivity contribution in [3.63, 3.8) is 0 Å². The quantitative estimate of drug-likeness (QED) is 0.762. The second-order valence-corrected chi connectivity index (χ2v) is 4.08. The first kappa shape index (κ1) is 13.5. The molecule has 5 nitrogen and oxygen atoms in total. The summed E-state index contributed by atoms with van der Waals surface area (Å²) in [5.74, 6) is -1.32. The molecule has 1 heterocycles. The van der Waals surface area contributed by atoms with Crippen LogP contribution < -0.4 is 0 Å². The Bertz CT molecular complexity index is 454. The lowest BCUT2D eigenvalue weighted by Gasteiger charge is -2.26. The van der Waals surface area contributed by atoms with Crippen molar-refractivity contribution < 1.29 is 23.5 Å². The summed E-state index contributed by atoms with van der Waals surface area (Å²) in [6, 6.07) is 4.97. The summed E-state index contributed by atoms with van der Waals surface area (Å²) in [6.07, 6.45) is 0. The Morgan fingerprint density at radius 3 is 2.47 bits per heavy atom. The van der Waals surface area contributed by atoms with Crippen LogP contribution in [0, 0.1) is 5.82 Å². The Balaban J connectivity index is 1.82. The molecule has 0 bridgehead atoms. The van der Waals surface area contributed by atoms with E-state index in [1.54, 1.807) is 4.90 Å². The Morgan fingerprint density at radius 2 is 1.84 bits per heavy atom. The summed E-state index contributed by atoms with van der Waals surface area (Å²) < 4.78 is 22.7. The smallest absolute Gasteiger partial charge is 0.338 e. The number of carbonyl (C=O) groups is 2. The largest absolute Gasteiger partial charge is 0.452 e. The van der Waals surface area contributed by atoms with E-state index >= 15 is 0 Å². The van der Waals surface area contributed by atoms with E-state index in [4.69, 9.17) is 9.47 Å². The number of amides is 1. The molecule has 1 fully saturated rings. The number of morpholine rings is 1. The predicted octanol–water partition coefficient (Wildman–Crippen LogP) is 0.841. The van der Waals surface area contributed by atoms with Crippen LogP contribution >= 0.6 is 0 Å². The van der Waals surface area contributed by atoms with Crippen LogP contribution in [-0.2, 0) is 14.3 Å². The van der Waals surface area contributed by atoms with Crippen molar-refractivity contribution in [1.82, 2.24) is 4.90 Å². The summed E-state index contributed by atoms with van der Waals surface area (Å²) in [4.78, 5) is 24.9. The summed E-state index contributed by atoms with van der Waals surface area (Å²) in [7, 11) is 0. The van der Waals surface area contributed by atoms with Crippen LogP contribution in [-0.4, -0.2) is 49.7 Å². The SMILES string of the molecule is O=C(OCC(=O)N1CCOCC1)c1ccc(F)cc1. The van der Waals surface area contributed by atoms with Crippen molar-refractivity contribution in [1.29, 1.82) is 0 Å². The highest BCUT2D eigenvalue weighted by Gasteiger charge is 2.18. The van der Waals surface area contributed by atoms with Crippen molar-refractivity contribution in [2.24, 2.45) is 0 Å². The molecule has 6 heteroatoms. The second kappa shape index (κ2) is 6.29. The number of carbonyl (C=O) groups excluding carboxylic acids is 2. The molecule has 0 aliphatic carbocycles. The lowest BCUT2D eigenvalue weighted by Crippen LogP contribution is -2.42. The van der Waals surface area contributed by atoms with E-state index < -0.39 is 11.8 Å². The van der Waals surface area contributed by atoms with Crippen LogP contribution in [0.15, 0.2) is 24.3 Å². The van der Waals surface area contributed by atoms with E-state index in [1.807, 2.05) is 0 Å². The molecule has 0 saturated carbocycles. The topological polar surface area (TPSA) is 55.8 Å². The minimum absolute atomic E-state index is 0.219. The van der Waals surface area contributed by atoms with Crippen molar-refractivity contribution in [2.75, 3.05) is 32.9 Å². The molecule has 0 aromatic heterocycles. The molecular weight excluding hydrogens is 253 g/mol. The van der Waals surface area contributed by atoms with Crippen molar-refractivity contribution in [3.8, 4) is 0 Å². The fourth-order valence-electron chi connectivity index (χ4n) is 1.70. The van der Waals surface area contributed by atoms with Gasteiger partial charge in [-0.3, -0.25) is 4.79 Å². The van der Waals surface area contributed by atoms with E-state index in [1.165, 1.54) is 24.3 Å². The monoisotopic (exact) mass is 267 g/mol. The van der Waals surface area contributed by atoms with E-state index in [0.717, 1.165) is 0 Å². The summed E-state index contributed by atoms with van der Waals surface area (Å²) >= 11 is 0. The molecule has 0 N–H and O–H groups in total. The summed E-state index contributed by atoms with van der Waals surface area (Å²) in [5.41, 5.74) is 0.219. The van der Waals surface area contributed by atoms with Crippen molar-refractivity contribution in [2.45, 2.75) is 0 Å². The average Bonchev–Trinajstić information content (AvgIpc) is 2.46. The third-order valence-corrected chi connectivity index (χ3v) is 2.77. The molecule has 1 saturated heterocycles. The molecule has 0 spiro atoms. The Kier molecular flexibility index (Phi) is 4.46. The van der Waals surface area contributed by atoms with E-state index in [-0.39, 0.29) is 18.1 Å². The average molecular weight is 267 g/mol. The van der Waals surface area contributed by atoms with Gasteiger partial charge in [0.1, 0.15) is 5.82 Å². The van der Waals surface area contributed by atoms with Crippen molar-refractivity contribution in [3.05, 3.63) is 35.6 Å². The molecule has 19 heavy (non-hydrogen) atoms. The van der Waals surface area contributed by atoms with Crippen LogP contribution in [0.25, 0.3) is 0 Å². The van der Waals surface area contributed by atoms with Crippen LogP contribution in [0.3, 0.4) is 0 Å². The number of hydrogen-bond donors (Lipinski definition) is 0. The number of halogens is 1. The zero-order chi connectivity index (χ0) is 13.7. The molecule has 1 aromatic carbocycles. The highest BCUT2D eigenvalue weighted by Crippen LogP contribution is 2.05. The zero-order valence-electron chi connectivity index (χ0n) is 10.3. The Hall–Kier alpha value is -1.95. The normalized spacial score (nSPS) is 15.1. The van der Waals surface area contributed by atoms with Gasteiger partial charge in [-0.05, 0) is 24.3 Å². The lowest BCUT2D eigenvalue weighted by molar-refractivity contribution is -0.138. The Morgan fingerprint density at radius 1 is 1.21 bits per heavy atom. The molecule has 1 aromatic rings. The van der Waals surface area contributed by atoms with Gasteiger partial charge < -0.3 is 14.4 Å². The van der Waals surface area contributed by atoms with Crippen LogP contribution in [0.2, 0.25) is 0 Å². The van der Waals surface area contributed by atoms with Gasteiger partial charge in [0, 0.05) is 13.1 Å². The van der Waals surface area contributed by atoms with E-state index in [2.05, 4.69) is 0 Å². The van der Waals surface area contributed by atoms with Crippen LogP contribution in [0.4, 0.5) is 4.39 Å². The van der Waals surface area contributed by atoms with Gasteiger partial charge in [0.2, 0.25) is 0 Å². The number of rotatable bonds is 3. The molecular formula is C13H14FNO4. The van der Waals surface area contributed by atoms with Crippen LogP contribution in [0.5, 0.6) is 0 Å². The standard InChI is InChI=1S/C13H14FNO4/c14-11-3-1-10(2-4-11)13(17)19-9-12(16)15-5-7-18-8-6-15/h1-4H,5-9H2. The summed E-state index contributed by atoms with van der Waals surface area (Å²) in [5, 5.41) is 0. The maximum atomic E-state index is 12.7. The molecule has 0 atom stereocenters. The first-order chi connectivity index (χ1) is 9.16. The second-order valence-electron chi connectivity index (χ2n) is 4.08. The lowest BCUT2D eigenvalue weighted by atomic mass is 10.2. The third-order valence-electron chi connectivity index (χ3n) is 2.77. The first-order valence-electron chi connectivity index (χ1n) is 5.95. The molecule has 2 rings (SSSR count). The zero-order valence-corrected chi connectivity index (χ0v) is 10.3. The molecule has 0 unspecified atom stereocenters. The molecule has 1 amide bonds. The minimum Gasteiger partial charge on any atom is -0.452 e. The van der Waals surface area contributed by atoms with Gasteiger partial charge in [0.15, 0.2) is 6.61 Å². The van der Waals surface area contributed by atoms with Crippen LogP contribution in [0.1, 0.15) is 10.4 Å². The maximum Gasteiger partial charge on any atom is 0.338 e. The predicted molar refractivity (Wildman–Crippen MR) is 64.1 cm³/mol. The van der Waals surface area contributed by atoms with Gasteiger partial charge >= 0.3 is 5.97 Å². The van der Waals surface area contributed by atoms with Gasteiger partial charge in [-0.15, -0.1) is 0 Å². The van der Waals surface area contributed by atoms with Gasteiger partial charge in [0.25, 0.3) is 5.91 Å². The number of nitrogens with zero attached hydrogens (tertiary/aromatic N) is 1. The van der Waals surface area contributed by atoms with Gasteiger partial charge in [-0.25, -0.2) is 9.18 Å². The molecule has 102 valence electrons. The fraction of sp³-hybridized carbons (Fsp3) is 0.385. The number of ether oxygens (including phenoxy) is 2. The maximum absolute atomic E-state index is 12.7. The Labute approximate surface area is 109 Å². The molecule has 0 radical (unpaired) electrons. The third kappa shape index (κ3) is 3.75. The number of benzene rings is 1. The van der Waals surface area contributed by atoms with E-state index in [0.29, 0.717) is 26.3 Å². The van der Waals surface area contributed by atoms with Gasteiger partial charge in [-0.2, -0.15) is 0 Å². The molecule has 1 aliphatic rings. The van der Waals surface area contributed by atoms with E-state index in [9.17, 15) is 14.0 Å². The van der Waals surface area contributed by atoms with Crippen molar-refractivity contribution >= 4 is 11.9 Å². The highest BCUT2D eigenvalue weighted by atomic mass is 19.1. The minimum atomic E-state index is -0.637.